The van der Waals surface area contributed by atoms with Gasteiger partial charge >= 0.3 is 0 Å². The van der Waals surface area contributed by atoms with Crippen LogP contribution in [0.4, 0.5) is 0 Å². The molecule has 1 aliphatic carbocycles. The maximum absolute atomic E-state index is 12.0. The van der Waals surface area contributed by atoms with Gasteiger partial charge in [0.15, 0.2) is 0 Å². The second-order valence-corrected chi connectivity index (χ2v) is 7.15. The maximum atomic E-state index is 12.0. The van der Waals surface area contributed by atoms with E-state index in [-0.39, 0.29) is 11.9 Å². The SMILES string of the molecule is CCn1cc(CN2CCn3cc(CC(=O)NC4CC4)nc3[C@H]2C)cn1. The van der Waals surface area contributed by atoms with Crippen LogP contribution in [0.15, 0.2) is 18.6 Å². The van der Waals surface area contributed by atoms with Crippen LogP contribution in [0.2, 0.25) is 0 Å². The zero-order valence-corrected chi connectivity index (χ0v) is 15.0. The van der Waals surface area contributed by atoms with Crippen LogP contribution in [0.3, 0.4) is 0 Å². The number of rotatable bonds is 6. The summed E-state index contributed by atoms with van der Waals surface area (Å²) in [5.74, 6) is 1.15. The van der Waals surface area contributed by atoms with Crippen LogP contribution < -0.4 is 5.32 Å². The van der Waals surface area contributed by atoms with Gasteiger partial charge in [-0.1, -0.05) is 0 Å². The summed E-state index contributed by atoms with van der Waals surface area (Å²) in [7, 11) is 0. The largest absolute Gasteiger partial charge is 0.353 e. The zero-order chi connectivity index (χ0) is 17.4. The lowest BCUT2D eigenvalue weighted by Gasteiger charge is -2.33. The van der Waals surface area contributed by atoms with E-state index in [4.69, 9.17) is 4.98 Å². The first kappa shape index (κ1) is 16.3. The fraction of sp³-hybridized carbons (Fsp3) is 0.611. The Morgan fingerprint density at radius 3 is 2.88 bits per heavy atom. The minimum Gasteiger partial charge on any atom is -0.353 e. The standard InChI is InChI=1S/C18H26N6O/c1-3-24-11-14(9-19-24)10-22-6-7-23-12-16(21-18(23)13(22)2)8-17(25)20-15-4-5-15/h9,11-13,15H,3-8,10H2,1-2H3,(H,20,25)/t13-/m1/s1. The average Bonchev–Trinajstić information content (AvgIpc) is 3.12. The van der Waals surface area contributed by atoms with E-state index in [1.807, 2.05) is 17.1 Å². The molecule has 3 heterocycles. The normalized spacial score (nSPS) is 20.5. The third-order valence-electron chi connectivity index (χ3n) is 5.09. The lowest BCUT2D eigenvalue weighted by molar-refractivity contribution is -0.120. The maximum Gasteiger partial charge on any atom is 0.226 e. The fourth-order valence-corrected chi connectivity index (χ4v) is 3.46. The minimum atomic E-state index is 0.0921. The smallest absolute Gasteiger partial charge is 0.226 e. The summed E-state index contributed by atoms with van der Waals surface area (Å²) in [6.45, 7) is 7.96. The first-order chi connectivity index (χ1) is 12.1. The molecule has 1 aliphatic heterocycles. The number of carbonyl (C=O) groups is 1. The Bertz CT molecular complexity index is 759. The first-order valence-electron chi connectivity index (χ1n) is 9.23. The Morgan fingerprint density at radius 2 is 2.16 bits per heavy atom. The quantitative estimate of drug-likeness (QED) is 0.864. The van der Waals surface area contributed by atoms with Crippen LogP contribution in [0.1, 0.15) is 49.8 Å². The summed E-state index contributed by atoms with van der Waals surface area (Å²) in [5.41, 5.74) is 2.11. The minimum absolute atomic E-state index is 0.0921. The number of amides is 1. The number of nitrogens with zero attached hydrogens (tertiary/aromatic N) is 5. The number of hydrogen-bond donors (Lipinski definition) is 1. The highest BCUT2D eigenvalue weighted by Crippen LogP contribution is 2.26. The van der Waals surface area contributed by atoms with Gasteiger partial charge in [-0.25, -0.2) is 4.98 Å². The molecule has 1 amide bonds. The van der Waals surface area contributed by atoms with Gasteiger partial charge in [0.05, 0.1) is 24.4 Å². The summed E-state index contributed by atoms with van der Waals surface area (Å²) in [4.78, 5) is 19.2. The fourth-order valence-electron chi connectivity index (χ4n) is 3.46. The van der Waals surface area contributed by atoms with Gasteiger partial charge in [-0.05, 0) is 26.7 Å². The van der Waals surface area contributed by atoms with E-state index in [1.54, 1.807) is 0 Å². The van der Waals surface area contributed by atoms with Crippen molar-refractivity contribution >= 4 is 5.91 Å². The third kappa shape index (κ3) is 3.61. The summed E-state index contributed by atoms with van der Waals surface area (Å²) >= 11 is 0. The van der Waals surface area contributed by atoms with Crippen molar-refractivity contribution in [3.05, 3.63) is 35.7 Å². The van der Waals surface area contributed by atoms with Gasteiger partial charge in [0.2, 0.25) is 5.91 Å². The lowest BCUT2D eigenvalue weighted by Crippen LogP contribution is -2.36. The van der Waals surface area contributed by atoms with Crippen molar-refractivity contribution in [2.45, 2.75) is 64.8 Å². The van der Waals surface area contributed by atoms with E-state index in [2.05, 4.69) is 39.9 Å². The molecule has 0 saturated heterocycles. The van der Waals surface area contributed by atoms with Crippen LogP contribution in [0, 0.1) is 0 Å². The van der Waals surface area contributed by atoms with E-state index in [0.717, 1.165) is 50.5 Å². The van der Waals surface area contributed by atoms with Crippen LogP contribution in [-0.4, -0.2) is 42.7 Å². The van der Waals surface area contributed by atoms with Gasteiger partial charge in [0.1, 0.15) is 5.82 Å². The average molecular weight is 342 g/mol. The van der Waals surface area contributed by atoms with Crippen molar-refractivity contribution in [1.29, 1.82) is 0 Å². The van der Waals surface area contributed by atoms with Crippen molar-refractivity contribution in [2.24, 2.45) is 0 Å². The summed E-state index contributed by atoms with van der Waals surface area (Å²) in [5, 5.41) is 7.40. The molecule has 1 saturated carbocycles. The molecule has 7 nitrogen and oxygen atoms in total. The van der Waals surface area contributed by atoms with Crippen molar-refractivity contribution in [2.75, 3.05) is 6.54 Å². The van der Waals surface area contributed by atoms with Crippen molar-refractivity contribution < 1.29 is 4.79 Å². The summed E-state index contributed by atoms with van der Waals surface area (Å²) in [6, 6.07) is 0.641. The number of carbonyl (C=O) groups excluding carboxylic acids is 1. The number of aromatic nitrogens is 4. The Balaban J connectivity index is 1.42. The van der Waals surface area contributed by atoms with Crippen LogP contribution in [0.5, 0.6) is 0 Å². The highest BCUT2D eigenvalue weighted by atomic mass is 16.1. The third-order valence-corrected chi connectivity index (χ3v) is 5.09. The molecule has 1 N–H and O–H groups in total. The Kier molecular flexibility index (Phi) is 4.33. The van der Waals surface area contributed by atoms with Crippen LogP contribution in [0.25, 0.3) is 0 Å². The second kappa shape index (κ2) is 6.63. The first-order valence-corrected chi connectivity index (χ1v) is 9.23. The van der Waals surface area contributed by atoms with Gasteiger partial charge in [-0.2, -0.15) is 5.10 Å². The van der Waals surface area contributed by atoms with Gasteiger partial charge < -0.3 is 9.88 Å². The van der Waals surface area contributed by atoms with Crippen molar-refractivity contribution in [1.82, 2.24) is 29.5 Å². The molecular weight excluding hydrogens is 316 g/mol. The predicted octanol–water partition coefficient (Wildman–Crippen LogP) is 1.50. The van der Waals surface area contributed by atoms with Gasteiger partial charge in [-0.3, -0.25) is 14.4 Å². The van der Waals surface area contributed by atoms with Gasteiger partial charge in [-0.15, -0.1) is 0 Å². The van der Waals surface area contributed by atoms with Crippen molar-refractivity contribution in [3.63, 3.8) is 0 Å². The van der Waals surface area contributed by atoms with Gasteiger partial charge in [0.25, 0.3) is 0 Å². The summed E-state index contributed by atoms with van der Waals surface area (Å²) < 4.78 is 4.16. The molecular formula is C18H26N6O. The molecule has 0 bridgehead atoms. The van der Waals surface area contributed by atoms with E-state index < -0.39 is 0 Å². The number of nitrogens with one attached hydrogen (secondary N) is 1. The number of fused-ring (bicyclic) bond motifs is 1. The van der Waals surface area contributed by atoms with Crippen LogP contribution >= 0.6 is 0 Å². The molecule has 0 spiro atoms. The van der Waals surface area contributed by atoms with Crippen molar-refractivity contribution in [3.8, 4) is 0 Å². The van der Waals surface area contributed by atoms with E-state index in [1.165, 1.54) is 5.56 Å². The molecule has 2 aliphatic rings. The van der Waals surface area contributed by atoms with E-state index >= 15 is 0 Å². The highest BCUT2D eigenvalue weighted by Gasteiger charge is 2.28. The molecule has 134 valence electrons. The summed E-state index contributed by atoms with van der Waals surface area (Å²) in [6.07, 6.45) is 8.72. The molecule has 0 unspecified atom stereocenters. The number of hydrogen-bond acceptors (Lipinski definition) is 4. The van der Waals surface area contributed by atoms with Gasteiger partial charge in [0, 0.05) is 50.2 Å². The Labute approximate surface area is 148 Å². The second-order valence-electron chi connectivity index (χ2n) is 7.15. The Hall–Kier alpha value is -2.15. The van der Waals surface area contributed by atoms with E-state index in [0.29, 0.717) is 12.5 Å². The van der Waals surface area contributed by atoms with E-state index in [9.17, 15) is 4.79 Å². The number of imidazole rings is 1. The molecule has 7 heteroatoms. The Morgan fingerprint density at radius 1 is 1.32 bits per heavy atom. The molecule has 1 atom stereocenters. The zero-order valence-electron chi connectivity index (χ0n) is 15.0. The molecule has 4 rings (SSSR count). The molecule has 25 heavy (non-hydrogen) atoms. The van der Waals surface area contributed by atoms with Crippen LogP contribution in [-0.2, 0) is 30.8 Å². The molecule has 2 aromatic heterocycles. The lowest BCUT2D eigenvalue weighted by atomic mass is 10.2. The molecule has 1 fully saturated rings. The number of aryl methyl sites for hydroxylation is 1. The molecule has 0 aromatic carbocycles. The highest BCUT2D eigenvalue weighted by molar-refractivity contribution is 5.78. The molecule has 2 aromatic rings. The molecule has 0 radical (unpaired) electrons. The topological polar surface area (TPSA) is 68.0 Å². The predicted molar refractivity (Wildman–Crippen MR) is 93.8 cm³/mol. The monoisotopic (exact) mass is 342 g/mol.